The molecular weight excluding hydrogens is 2200 g/mol. The Morgan fingerprint density at radius 3 is 1.18 bits per heavy atom. The molecule has 12 N–H and O–H groups in total. The largest absolute Gasteiger partial charge is 0.483 e. The first-order chi connectivity index (χ1) is 68.5. The molecule has 9 atom stereocenters. The van der Waals surface area contributed by atoms with E-state index in [4.69, 9.17) is 39.3 Å². The van der Waals surface area contributed by atoms with Crippen LogP contribution in [0, 0.1) is 35.5 Å². The summed E-state index contributed by atoms with van der Waals surface area (Å²) in [6, 6.07) is 33.0. The minimum absolute atomic E-state index is 0. The quantitative estimate of drug-likeness (QED) is 0.00797. The number of fused-ring (bicyclic) bond motifs is 3. The van der Waals surface area contributed by atoms with Gasteiger partial charge in [-0.1, -0.05) is 158 Å². The zero-order chi connectivity index (χ0) is 109. The molecule has 35 nitrogen and oxygen atoms in total. The van der Waals surface area contributed by atoms with E-state index < -0.39 is 87.9 Å². The normalized spacial score (nSPS) is 17.1. The van der Waals surface area contributed by atoms with Crippen LogP contribution in [0.2, 0.25) is 0 Å². The lowest BCUT2D eigenvalue weighted by molar-refractivity contribution is -0.167. The zero-order valence-electron chi connectivity index (χ0n) is 90.4. The number of carbonyl (C=O) groups excluding carboxylic acids is 8. The monoisotopic (exact) mass is 2360 g/mol. The average molecular weight is 2370 g/mol. The lowest BCUT2D eigenvalue weighted by Gasteiger charge is -2.30. The van der Waals surface area contributed by atoms with Crippen LogP contribution in [-0.4, -0.2) is 181 Å². The number of halogens is 6. The van der Waals surface area contributed by atoms with Gasteiger partial charge >= 0.3 is 36.2 Å². The maximum Gasteiger partial charge on any atom is 0.408 e. The fourth-order valence-electron chi connectivity index (χ4n) is 15.7. The molecule has 0 spiro atoms. The first kappa shape index (κ1) is 134. The van der Waals surface area contributed by atoms with Crippen LogP contribution in [0.4, 0.5) is 14.4 Å². The number of aromatic nitrogens is 9. The highest BCUT2D eigenvalue weighted by Crippen LogP contribution is 2.36. The van der Waals surface area contributed by atoms with Gasteiger partial charge in [0, 0.05) is 80.8 Å². The third-order valence-electron chi connectivity index (χ3n) is 21.8. The van der Waals surface area contributed by atoms with E-state index in [1.165, 1.54) is 6.92 Å². The van der Waals surface area contributed by atoms with Gasteiger partial charge in [0.1, 0.15) is 45.9 Å². The molecule has 1 fully saturated rings. The minimum atomic E-state index is -0.952. The summed E-state index contributed by atoms with van der Waals surface area (Å²) < 4.78 is 42.5. The van der Waals surface area contributed by atoms with Crippen LogP contribution >= 0.6 is 88.5 Å². The van der Waals surface area contributed by atoms with Crippen LogP contribution in [0.25, 0.3) is 34.2 Å². The number of benzene rings is 4. The molecule has 5 aliphatic heterocycles. The van der Waals surface area contributed by atoms with Crippen molar-refractivity contribution in [1.29, 1.82) is 0 Å². The van der Waals surface area contributed by atoms with Crippen LogP contribution in [0.3, 0.4) is 0 Å². The molecule has 6 amide bonds. The summed E-state index contributed by atoms with van der Waals surface area (Å²) in [5, 5.41) is 57.6. The number of rotatable bonds is 21. The zero-order valence-corrected chi connectivity index (χ0v) is 98.4. The summed E-state index contributed by atoms with van der Waals surface area (Å²) in [7, 11) is 1.58. The van der Waals surface area contributed by atoms with E-state index >= 15 is 0 Å². The van der Waals surface area contributed by atoms with E-state index in [2.05, 4.69) is 185 Å². The average Bonchev–Trinajstić information content (AvgIpc) is 1.63. The number of hydrogen-bond donors (Lipinski definition) is 10. The van der Waals surface area contributed by atoms with E-state index in [9.17, 15) is 48.3 Å². The molecule has 0 aliphatic carbocycles. The molecule has 41 heteroatoms. The molecule has 7 aromatic rings. The molecule has 148 heavy (non-hydrogen) atoms. The first-order valence-corrected chi connectivity index (χ1v) is 53.4. The molecular formula is C107H164Br4Cl2N18O17. The summed E-state index contributed by atoms with van der Waals surface area (Å²) in [5.74, 6) is 5.84. The molecule has 0 radical (unpaired) electrons. The van der Waals surface area contributed by atoms with Gasteiger partial charge in [-0.05, 0) is 293 Å². The first-order valence-electron chi connectivity index (χ1n) is 50.2. The summed E-state index contributed by atoms with van der Waals surface area (Å²) >= 11 is 13.8. The molecule has 8 heterocycles. The SMILES string of the molecule is Brc1ccccc1.C=CC[C@H](C(=O)OC(C)(C)C)[C@@H](CC(C)C)C(=O)N[C@H]1CCCCn2c(-c3cccc(Br)c3)nnc21.C=CC[C@H](C(=O)OC(C)(C)C)[C@@H](CC(C)C)C(=O)O.CC(=O)NN.CC(C)(C)OC(=O)N[C@H]1CCCCNC1=O.CC(C)(C)OC(=O)N[C@H]1CCCCn2c(-c3cccc(Br)c3)nnc21.CCO.COC1=NCCCC[C@@H]1NC(=O)OC(C)(C)C.Cl.Cl.N[C@H]1CCCCn2c(-c3cccc(Br)c3)nnc21. The fraction of sp³-hybridized carbons (Fsp3) is 0.589. The van der Waals surface area contributed by atoms with Crippen molar-refractivity contribution in [2.75, 3.05) is 26.8 Å². The Morgan fingerprint density at radius 2 is 0.811 bits per heavy atom. The van der Waals surface area contributed by atoms with Crippen molar-refractivity contribution in [3.63, 3.8) is 0 Å². The summed E-state index contributed by atoms with van der Waals surface area (Å²) in [6.45, 7) is 50.0. The van der Waals surface area contributed by atoms with Gasteiger partial charge in [-0.25, -0.2) is 20.2 Å². The number of alkyl carbamates (subject to hydrolysis) is 3. The van der Waals surface area contributed by atoms with Crippen molar-refractivity contribution in [3.8, 4) is 34.2 Å². The van der Waals surface area contributed by atoms with Gasteiger partial charge in [0.15, 0.2) is 29.1 Å². The van der Waals surface area contributed by atoms with Crippen LogP contribution in [0.15, 0.2) is 151 Å². The number of carboxylic acid groups (broad SMARTS) is 1. The number of nitrogens with two attached hydrogens (primary N) is 2. The fourth-order valence-corrected chi connectivity index (χ4v) is 17.2. The van der Waals surface area contributed by atoms with Crippen LogP contribution in [0.5, 0.6) is 0 Å². The number of allylic oxidation sites excluding steroid dienone is 2. The van der Waals surface area contributed by atoms with E-state index in [0.29, 0.717) is 44.5 Å². The number of nitrogens with zero attached hydrogens (tertiary/aromatic N) is 10. The molecule has 4 aromatic carbocycles. The van der Waals surface area contributed by atoms with Gasteiger partial charge in [-0.15, -0.1) is 68.6 Å². The van der Waals surface area contributed by atoms with E-state index in [0.717, 1.165) is 186 Å². The lowest BCUT2D eigenvalue weighted by atomic mass is 9.82. The molecule has 0 unspecified atom stereocenters. The predicted molar refractivity (Wildman–Crippen MR) is 599 cm³/mol. The van der Waals surface area contributed by atoms with Crippen molar-refractivity contribution >= 4 is 148 Å². The van der Waals surface area contributed by atoms with Crippen LogP contribution in [0.1, 0.15) is 303 Å². The number of aliphatic hydroxyl groups is 1. The van der Waals surface area contributed by atoms with Gasteiger partial charge < -0.3 is 84.7 Å². The number of nitrogens with one attached hydrogen (secondary N) is 6. The Bertz CT molecular complexity index is 5260. The van der Waals surface area contributed by atoms with Crippen molar-refractivity contribution < 1.29 is 81.8 Å². The van der Waals surface area contributed by atoms with Gasteiger partial charge in [-0.3, -0.25) is 39.2 Å². The summed E-state index contributed by atoms with van der Waals surface area (Å²) in [6.07, 6.45) is 17.9. The van der Waals surface area contributed by atoms with Crippen LogP contribution in [-0.2, 0) is 76.8 Å². The number of aliphatic imine (C=N–C) groups is 1. The Balaban J connectivity index is 0.000000593. The number of ether oxygens (including phenoxy) is 6. The van der Waals surface area contributed by atoms with E-state index in [1.54, 1.807) is 67.7 Å². The number of carboxylic acids is 1. The third-order valence-corrected chi connectivity index (χ3v) is 23.8. The number of hydrazine groups is 1. The Hall–Kier alpha value is -9.74. The highest BCUT2D eigenvalue weighted by Gasteiger charge is 2.41. The highest BCUT2D eigenvalue weighted by molar-refractivity contribution is 9.11. The van der Waals surface area contributed by atoms with E-state index in [1.807, 2.05) is 173 Å². The number of aliphatic hydroxyl groups excluding tert-OH is 1. The number of carbonyl (C=O) groups is 9. The minimum Gasteiger partial charge on any atom is -0.483 e. The van der Waals surface area contributed by atoms with E-state index in [-0.39, 0.29) is 91.1 Å². The van der Waals surface area contributed by atoms with Gasteiger partial charge in [0.2, 0.25) is 23.6 Å². The Morgan fingerprint density at radius 1 is 0.473 bits per heavy atom. The molecule has 0 bridgehead atoms. The van der Waals surface area contributed by atoms with Crippen molar-refractivity contribution in [1.82, 2.24) is 76.3 Å². The second-order valence-corrected chi connectivity index (χ2v) is 45.2. The molecule has 826 valence electrons. The number of amides is 6. The smallest absolute Gasteiger partial charge is 0.408 e. The number of esters is 2. The lowest BCUT2D eigenvalue weighted by Crippen LogP contribution is -2.47. The van der Waals surface area contributed by atoms with Crippen molar-refractivity contribution in [2.24, 2.45) is 52.1 Å². The Labute approximate surface area is 921 Å². The maximum absolute atomic E-state index is 13.8. The van der Waals surface area contributed by atoms with Crippen molar-refractivity contribution in [3.05, 3.63) is 164 Å². The predicted octanol–water partition coefficient (Wildman–Crippen LogP) is 22.4. The Kier molecular flexibility index (Phi) is 61.3. The van der Waals surface area contributed by atoms with Gasteiger partial charge in [0.05, 0.1) is 48.9 Å². The van der Waals surface area contributed by atoms with Gasteiger partial charge in [-0.2, -0.15) is 0 Å². The number of methoxy groups -OCH3 is 1. The highest BCUT2D eigenvalue weighted by atomic mass is 79.9. The van der Waals surface area contributed by atoms with Crippen LogP contribution < -0.4 is 43.6 Å². The second-order valence-electron chi connectivity index (χ2n) is 41.5. The van der Waals surface area contributed by atoms with Gasteiger partial charge in [0.25, 0.3) is 0 Å². The molecule has 5 aliphatic rings. The number of aliphatic carboxylic acids is 1. The molecule has 1 saturated heterocycles. The summed E-state index contributed by atoms with van der Waals surface area (Å²) in [4.78, 5) is 111. The van der Waals surface area contributed by atoms with Crippen molar-refractivity contribution in [2.45, 2.75) is 345 Å². The second kappa shape index (κ2) is 67.5. The maximum atomic E-state index is 13.8. The third kappa shape index (κ3) is 51.9. The standard InChI is InChI=1S/C28H39BrN4O3.C18H23BrN4O2.C15H26O4.C13H15BrN4.C12H22N2O3.C11H20N2O3.C6H5Br.C2H6N2O.C2H6O.2ClH/c1-7-11-21(27(35)36-28(4,5)6)22(16-18(2)3)26(34)30-23-14-8-9-15-33-24(31-32-25(23)33)19-12-10-13-20(29)17-19;1-18(2,3)25-17(24)20-14-9-4-5-10-23-15(21-22-16(14)23)12-7-6-8-13(19)11-12;1-7-8-11(14(18)19-15(4,5)6)12(13(16)17)9-10(2)3;14-10-5-3-4-9(8-10)12-16-17-13-11(15)6-1-2-7-18(12)13;1-12(2,3)17-11(15)14-9-7-5-6-8-13-10(9)16-4;1-11(2,3)16-10(15)13-8-6-4-5-7-12-9(8)14;7-6-4-2-1-3-5-6;1-2(5)4-3;1-2-3;;/h7,10,12-13,17-18,21-23H,1,8-9,11,14-16H2,2-6H3,(H,30,34);6-8,11,14H,4-5,9-10H2,1-3H3,(H,20,24);7,10-12H,1,8-9H2,2-6H3,(H,16,17);3-5,8,11H,1-2,6-7,15H2;9H,5-8H2,1-4H3,(H,14,15);8H,4-7H2,1-3H3,(H,12,14)(H,13,15);1-5H;3H2,1H3,(H,4,5);3H,2H2,1H3;2*1H/t21-,22+,23-;14-;11-,12+;11-;9-;8-;;;;;/m000000...../s1. The molecule has 0 saturated carbocycles. The molecule has 12 rings (SSSR count). The molecule has 3 aromatic heterocycles. The summed E-state index contributed by atoms with van der Waals surface area (Å²) in [5.41, 5.74) is 8.30. The number of hydrogen-bond acceptors (Lipinski definition) is 25. The topological polar surface area (TPSA) is 478 Å².